The van der Waals surface area contributed by atoms with Crippen molar-refractivity contribution in [2.75, 3.05) is 13.7 Å². The number of alkyl carbamates (subject to hydrolysis) is 1. The van der Waals surface area contributed by atoms with Gasteiger partial charge in [-0.05, 0) is 30.6 Å². The van der Waals surface area contributed by atoms with Crippen LogP contribution >= 0.6 is 0 Å². The summed E-state index contributed by atoms with van der Waals surface area (Å²) < 4.78 is 4.63. The van der Waals surface area contributed by atoms with Gasteiger partial charge in [-0.3, -0.25) is 4.79 Å². The first-order valence-electron chi connectivity index (χ1n) is 7.41. The van der Waals surface area contributed by atoms with Crippen LogP contribution in [0.5, 0.6) is 0 Å². The van der Waals surface area contributed by atoms with Gasteiger partial charge < -0.3 is 15.0 Å². The zero-order valence-corrected chi connectivity index (χ0v) is 13.2. The first kappa shape index (κ1) is 15.1. The van der Waals surface area contributed by atoms with Crippen LogP contribution in [0.4, 0.5) is 4.79 Å². The minimum absolute atomic E-state index is 0.0228. The molecule has 0 unspecified atom stereocenters. The lowest BCUT2D eigenvalue weighted by molar-refractivity contribution is -0.136. The molecule has 0 aromatic carbocycles. The molecule has 2 fully saturated rings. The highest BCUT2D eigenvalue weighted by Crippen LogP contribution is 2.64. The van der Waals surface area contributed by atoms with E-state index in [-0.39, 0.29) is 22.8 Å². The maximum absolute atomic E-state index is 12.8. The second-order valence-corrected chi connectivity index (χ2v) is 7.04. The van der Waals surface area contributed by atoms with Gasteiger partial charge >= 0.3 is 6.09 Å². The van der Waals surface area contributed by atoms with Crippen LogP contribution in [0.1, 0.15) is 47.0 Å². The van der Waals surface area contributed by atoms with Gasteiger partial charge in [-0.2, -0.15) is 0 Å². The summed E-state index contributed by atoms with van der Waals surface area (Å²) in [5, 5.41) is 2.68. The third-order valence-electron chi connectivity index (χ3n) is 5.02. The van der Waals surface area contributed by atoms with Crippen LogP contribution in [0.2, 0.25) is 0 Å². The Morgan fingerprint density at radius 2 is 1.90 bits per heavy atom. The molecule has 2 atom stereocenters. The molecule has 2 aliphatic rings. The van der Waals surface area contributed by atoms with E-state index in [1.807, 2.05) is 18.7 Å². The van der Waals surface area contributed by atoms with Crippen molar-refractivity contribution in [1.29, 1.82) is 0 Å². The monoisotopic (exact) mass is 282 g/mol. The van der Waals surface area contributed by atoms with Crippen LogP contribution in [-0.4, -0.2) is 42.1 Å². The van der Waals surface area contributed by atoms with E-state index < -0.39 is 12.1 Å². The Bertz CT molecular complexity index is 415. The van der Waals surface area contributed by atoms with Crippen LogP contribution in [0.25, 0.3) is 0 Å². The molecule has 0 aromatic rings. The molecule has 1 aliphatic heterocycles. The van der Waals surface area contributed by atoms with Crippen LogP contribution < -0.4 is 5.32 Å². The van der Waals surface area contributed by atoms with E-state index in [4.69, 9.17) is 0 Å². The number of ether oxygens (including phenoxy) is 1. The highest BCUT2D eigenvalue weighted by atomic mass is 16.5. The Kier molecular flexibility index (Phi) is 3.73. The highest BCUT2D eigenvalue weighted by Gasteiger charge is 2.67. The minimum atomic E-state index is -0.541. The van der Waals surface area contributed by atoms with Crippen LogP contribution in [0, 0.1) is 11.3 Å². The average Bonchev–Trinajstić information content (AvgIpc) is 2.73. The van der Waals surface area contributed by atoms with Gasteiger partial charge in [-0.1, -0.05) is 27.7 Å². The number of nitrogens with zero attached hydrogens (tertiary/aromatic N) is 1. The zero-order chi connectivity index (χ0) is 15.1. The van der Waals surface area contributed by atoms with Gasteiger partial charge in [0.1, 0.15) is 6.04 Å². The molecule has 114 valence electrons. The number of hydrogen-bond acceptors (Lipinski definition) is 3. The molecule has 0 bridgehead atoms. The Morgan fingerprint density at radius 3 is 2.35 bits per heavy atom. The van der Waals surface area contributed by atoms with E-state index in [1.54, 1.807) is 0 Å². The predicted octanol–water partition coefficient (Wildman–Crippen LogP) is 2.16. The number of nitrogens with one attached hydrogen (secondary N) is 1. The second-order valence-electron chi connectivity index (χ2n) is 7.04. The van der Waals surface area contributed by atoms with Gasteiger partial charge in [0.15, 0.2) is 0 Å². The molecule has 0 aromatic heterocycles. The number of rotatable bonds is 3. The summed E-state index contributed by atoms with van der Waals surface area (Å²) in [4.78, 5) is 26.3. The molecule has 2 rings (SSSR count). The smallest absolute Gasteiger partial charge is 0.407 e. The summed E-state index contributed by atoms with van der Waals surface area (Å²) in [6.07, 6.45) is 2.65. The Hall–Kier alpha value is -1.26. The molecule has 1 spiro atoms. The van der Waals surface area contributed by atoms with Crippen molar-refractivity contribution in [1.82, 2.24) is 10.2 Å². The fourth-order valence-corrected chi connectivity index (χ4v) is 3.64. The lowest BCUT2D eigenvalue weighted by Crippen LogP contribution is -2.54. The van der Waals surface area contributed by atoms with Gasteiger partial charge in [0.25, 0.3) is 0 Å². The summed E-state index contributed by atoms with van der Waals surface area (Å²) in [6, 6.07) is -0.506. The van der Waals surface area contributed by atoms with Gasteiger partial charge in [0.05, 0.1) is 7.11 Å². The molecule has 5 heteroatoms. The van der Waals surface area contributed by atoms with E-state index in [1.165, 1.54) is 7.11 Å². The lowest BCUT2D eigenvalue weighted by Gasteiger charge is -2.33. The maximum Gasteiger partial charge on any atom is 0.407 e. The minimum Gasteiger partial charge on any atom is -0.453 e. The van der Waals surface area contributed by atoms with E-state index in [0.29, 0.717) is 0 Å². The molecule has 5 nitrogen and oxygen atoms in total. The summed E-state index contributed by atoms with van der Waals surface area (Å²) in [6.45, 7) is 9.13. The molecule has 20 heavy (non-hydrogen) atoms. The van der Waals surface area contributed by atoms with E-state index in [9.17, 15) is 9.59 Å². The van der Waals surface area contributed by atoms with Gasteiger partial charge in [-0.25, -0.2) is 4.79 Å². The van der Waals surface area contributed by atoms with Crippen LogP contribution in [0.15, 0.2) is 0 Å². The number of carbonyl (C=O) groups is 2. The summed E-state index contributed by atoms with van der Waals surface area (Å²) >= 11 is 0. The first-order valence-corrected chi connectivity index (χ1v) is 7.41. The first-order chi connectivity index (χ1) is 9.25. The van der Waals surface area contributed by atoms with Crippen molar-refractivity contribution in [3.63, 3.8) is 0 Å². The van der Waals surface area contributed by atoms with Crippen LogP contribution in [0.3, 0.4) is 0 Å². The molecule has 1 heterocycles. The Morgan fingerprint density at radius 1 is 1.30 bits per heavy atom. The molecule has 2 amide bonds. The van der Waals surface area contributed by atoms with E-state index in [0.717, 1.165) is 25.8 Å². The number of hydrogen-bond donors (Lipinski definition) is 1. The normalized spacial score (nSPS) is 28.6. The van der Waals surface area contributed by atoms with Crippen molar-refractivity contribution in [2.45, 2.75) is 58.5 Å². The molecule has 1 N–H and O–H groups in total. The molecule has 1 saturated heterocycles. The van der Waals surface area contributed by atoms with E-state index >= 15 is 0 Å². The molecular weight excluding hydrogens is 256 g/mol. The third kappa shape index (κ3) is 2.27. The predicted molar refractivity (Wildman–Crippen MR) is 76.2 cm³/mol. The van der Waals surface area contributed by atoms with Gasteiger partial charge in [0.2, 0.25) is 5.91 Å². The number of carbonyl (C=O) groups excluding carboxylic acids is 2. The molecular formula is C15H26N2O3. The number of amides is 2. The largest absolute Gasteiger partial charge is 0.453 e. The molecule has 0 radical (unpaired) electrons. The Labute approximate surface area is 121 Å². The highest BCUT2D eigenvalue weighted by molar-refractivity contribution is 5.87. The summed E-state index contributed by atoms with van der Waals surface area (Å²) in [5.74, 6) is 0.0783. The molecule has 1 aliphatic carbocycles. The third-order valence-corrected chi connectivity index (χ3v) is 5.02. The van der Waals surface area contributed by atoms with Crippen molar-refractivity contribution in [3.05, 3.63) is 0 Å². The van der Waals surface area contributed by atoms with E-state index in [2.05, 4.69) is 23.9 Å². The SMILES string of the molecule is COC(=O)N[C@@H](C(=O)N1CCC[C@]12CC2(C)C)C(C)C. The quantitative estimate of drug-likeness (QED) is 0.863. The summed E-state index contributed by atoms with van der Waals surface area (Å²) in [7, 11) is 1.32. The van der Waals surface area contributed by atoms with Crippen molar-refractivity contribution in [3.8, 4) is 0 Å². The maximum atomic E-state index is 12.8. The average molecular weight is 282 g/mol. The van der Waals surface area contributed by atoms with Gasteiger partial charge in [0, 0.05) is 12.1 Å². The lowest BCUT2D eigenvalue weighted by atomic mass is 9.99. The topological polar surface area (TPSA) is 58.6 Å². The fourth-order valence-electron chi connectivity index (χ4n) is 3.64. The molecule has 1 saturated carbocycles. The number of methoxy groups -OCH3 is 1. The van der Waals surface area contributed by atoms with Crippen molar-refractivity contribution >= 4 is 12.0 Å². The fraction of sp³-hybridized carbons (Fsp3) is 0.867. The number of likely N-dealkylation sites (tertiary alicyclic amines) is 1. The summed E-state index contributed by atoms with van der Waals surface area (Å²) in [5.41, 5.74) is 0.223. The van der Waals surface area contributed by atoms with Crippen molar-refractivity contribution in [2.24, 2.45) is 11.3 Å². The second kappa shape index (κ2) is 4.93. The van der Waals surface area contributed by atoms with Gasteiger partial charge in [-0.15, -0.1) is 0 Å². The Balaban J connectivity index is 2.14. The van der Waals surface area contributed by atoms with Crippen LogP contribution in [-0.2, 0) is 9.53 Å². The standard InChI is InChI=1S/C15H26N2O3/c1-10(2)11(16-13(19)20-5)12(18)17-8-6-7-15(17)9-14(15,3)4/h10-11H,6-9H2,1-5H3,(H,16,19)/t11-,15-/m1/s1. The van der Waals surface area contributed by atoms with Crippen molar-refractivity contribution < 1.29 is 14.3 Å². The zero-order valence-electron chi connectivity index (χ0n) is 13.2.